The standard InChI is InChI=1S/C23H20N2O3/c1-16(26)20-8-5-9-21(14-20)25-23(28)19-12-10-18(11-13-19)22(27)24-15-17-6-3-2-4-7-17/h2-14H,15H2,1H3,(H,24,27)(H,25,28). The normalized spacial score (nSPS) is 10.2. The van der Waals surface area contributed by atoms with E-state index in [2.05, 4.69) is 10.6 Å². The van der Waals surface area contributed by atoms with E-state index < -0.39 is 0 Å². The Morgan fingerprint density at radius 2 is 1.36 bits per heavy atom. The fourth-order valence-electron chi connectivity index (χ4n) is 2.67. The van der Waals surface area contributed by atoms with Crippen LogP contribution in [0, 0.1) is 0 Å². The molecule has 0 spiro atoms. The van der Waals surface area contributed by atoms with Gasteiger partial charge in [0.2, 0.25) is 0 Å². The molecule has 3 aromatic carbocycles. The topological polar surface area (TPSA) is 75.3 Å². The van der Waals surface area contributed by atoms with Crippen molar-refractivity contribution in [2.24, 2.45) is 0 Å². The molecule has 0 unspecified atom stereocenters. The van der Waals surface area contributed by atoms with Gasteiger partial charge in [-0.2, -0.15) is 0 Å². The molecule has 0 saturated heterocycles. The fourth-order valence-corrected chi connectivity index (χ4v) is 2.67. The van der Waals surface area contributed by atoms with E-state index in [1.54, 1.807) is 48.5 Å². The van der Waals surface area contributed by atoms with E-state index in [4.69, 9.17) is 0 Å². The number of nitrogens with one attached hydrogen (secondary N) is 2. The molecular weight excluding hydrogens is 352 g/mol. The van der Waals surface area contributed by atoms with Gasteiger partial charge in [-0.3, -0.25) is 14.4 Å². The van der Waals surface area contributed by atoms with Gasteiger partial charge in [0.05, 0.1) is 0 Å². The predicted molar refractivity (Wildman–Crippen MR) is 108 cm³/mol. The molecule has 0 aliphatic heterocycles. The van der Waals surface area contributed by atoms with Crippen LogP contribution in [0.15, 0.2) is 78.9 Å². The van der Waals surface area contributed by atoms with Gasteiger partial charge in [0, 0.05) is 28.9 Å². The van der Waals surface area contributed by atoms with Gasteiger partial charge >= 0.3 is 0 Å². The number of anilines is 1. The van der Waals surface area contributed by atoms with Crippen LogP contribution in [0.1, 0.15) is 43.6 Å². The first-order chi connectivity index (χ1) is 13.5. The Kier molecular flexibility index (Phi) is 5.97. The van der Waals surface area contributed by atoms with Gasteiger partial charge in [0.1, 0.15) is 0 Å². The van der Waals surface area contributed by atoms with E-state index in [0.717, 1.165) is 5.56 Å². The molecule has 0 aliphatic rings. The van der Waals surface area contributed by atoms with Crippen molar-refractivity contribution >= 4 is 23.3 Å². The van der Waals surface area contributed by atoms with Gasteiger partial charge in [-0.15, -0.1) is 0 Å². The SMILES string of the molecule is CC(=O)c1cccc(NC(=O)c2ccc(C(=O)NCc3ccccc3)cc2)c1. The van der Waals surface area contributed by atoms with Crippen molar-refractivity contribution in [2.75, 3.05) is 5.32 Å². The largest absolute Gasteiger partial charge is 0.348 e. The van der Waals surface area contributed by atoms with Gasteiger partial charge in [0.15, 0.2) is 5.78 Å². The second-order valence-corrected chi connectivity index (χ2v) is 6.34. The van der Waals surface area contributed by atoms with E-state index in [0.29, 0.717) is 28.9 Å². The maximum atomic E-state index is 12.4. The molecule has 2 N–H and O–H groups in total. The lowest BCUT2D eigenvalue weighted by Crippen LogP contribution is -2.22. The minimum atomic E-state index is -0.308. The number of hydrogen-bond donors (Lipinski definition) is 2. The van der Waals surface area contributed by atoms with Gasteiger partial charge in [0.25, 0.3) is 11.8 Å². The molecule has 0 bridgehead atoms. The molecule has 0 saturated carbocycles. The minimum Gasteiger partial charge on any atom is -0.348 e. The average molecular weight is 372 g/mol. The van der Waals surface area contributed by atoms with Crippen LogP contribution in [-0.2, 0) is 6.54 Å². The van der Waals surface area contributed by atoms with Crippen LogP contribution in [0.2, 0.25) is 0 Å². The number of carbonyl (C=O) groups is 3. The lowest BCUT2D eigenvalue weighted by atomic mass is 10.1. The highest BCUT2D eigenvalue weighted by molar-refractivity contribution is 6.05. The number of amides is 2. The Morgan fingerprint density at radius 3 is 2.00 bits per heavy atom. The zero-order valence-corrected chi connectivity index (χ0v) is 15.4. The molecule has 3 rings (SSSR count). The third kappa shape index (κ3) is 4.92. The van der Waals surface area contributed by atoms with Crippen molar-refractivity contribution in [3.05, 3.63) is 101 Å². The number of benzene rings is 3. The summed E-state index contributed by atoms with van der Waals surface area (Å²) in [5.41, 5.74) is 2.99. The lowest BCUT2D eigenvalue weighted by Gasteiger charge is -2.08. The van der Waals surface area contributed by atoms with Crippen LogP contribution in [0.4, 0.5) is 5.69 Å². The molecule has 0 radical (unpaired) electrons. The van der Waals surface area contributed by atoms with Gasteiger partial charge in [-0.25, -0.2) is 0 Å². The molecule has 0 aromatic heterocycles. The van der Waals surface area contributed by atoms with Crippen LogP contribution in [0.25, 0.3) is 0 Å². The monoisotopic (exact) mass is 372 g/mol. The zero-order valence-electron chi connectivity index (χ0n) is 15.4. The smallest absolute Gasteiger partial charge is 0.255 e. The second-order valence-electron chi connectivity index (χ2n) is 6.34. The lowest BCUT2D eigenvalue weighted by molar-refractivity contribution is 0.0948. The Bertz CT molecular complexity index is 996. The zero-order chi connectivity index (χ0) is 19.9. The maximum Gasteiger partial charge on any atom is 0.255 e. The fraction of sp³-hybridized carbons (Fsp3) is 0.0870. The predicted octanol–water partition coefficient (Wildman–Crippen LogP) is 4.07. The summed E-state index contributed by atoms with van der Waals surface area (Å²) in [4.78, 5) is 36.1. The van der Waals surface area contributed by atoms with Crippen molar-refractivity contribution in [3.8, 4) is 0 Å². The molecule has 5 nitrogen and oxygen atoms in total. The first-order valence-electron chi connectivity index (χ1n) is 8.87. The molecule has 0 heterocycles. The summed E-state index contributed by atoms with van der Waals surface area (Å²) < 4.78 is 0. The second kappa shape index (κ2) is 8.77. The Morgan fingerprint density at radius 1 is 0.714 bits per heavy atom. The summed E-state index contributed by atoms with van der Waals surface area (Å²) in [7, 11) is 0. The first kappa shape index (κ1) is 19.0. The minimum absolute atomic E-state index is 0.0676. The van der Waals surface area contributed by atoms with Gasteiger partial charge in [-0.05, 0) is 48.9 Å². The van der Waals surface area contributed by atoms with Crippen LogP contribution in [0.3, 0.4) is 0 Å². The van der Waals surface area contributed by atoms with Crippen LogP contribution in [0.5, 0.6) is 0 Å². The third-order valence-electron chi connectivity index (χ3n) is 4.23. The molecule has 0 aliphatic carbocycles. The number of carbonyl (C=O) groups excluding carboxylic acids is 3. The van der Waals surface area contributed by atoms with Crippen molar-refractivity contribution in [1.82, 2.24) is 5.32 Å². The molecule has 3 aromatic rings. The number of ketones is 1. The maximum absolute atomic E-state index is 12.4. The van der Waals surface area contributed by atoms with Crippen molar-refractivity contribution < 1.29 is 14.4 Å². The quantitative estimate of drug-likeness (QED) is 0.641. The molecule has 0 fully saturated rings. The molecule has 5 heteroatoms. The van der Waals surface area contributed by atoms with Crippen LogP contribution < -0.4 is 10.6 Å². The Labute approximate surface area is 163 Å². The van der Waals surface area contributed by atoms with Gasteiger partial charge < -0.3 is 10.6 Å². The molecular formula is C23H20N2O3. The summed E-state index contributed by atoms with van der Waals surface area (Å²) in [6.45, 7) is 1.91. The van der Waals surface area contributed by atoms with E-state index in [9.17, 15) is 14.4 Å². The first-order valence-corrected chi connectivity index (χ1v) is 8.87. The number of hydrogen-bond acceptors (Lipinski definition) is 3. The highest BCUT2D eigenvalue weighted by atomic mass is 16.2. The van der Waals surface area contributed by atoms with E-state index in [1.807, 2.05) is 30.3 Å². The summed E-state index contributed by atoms with van der Waals surface area (Å²) >= 11 is 0. The van der Waals surface area contributed by atoms with Crippen molar-refractivity contribution in [3.63, 3.8) is 0 Å². The number of rotatable bonds is 6. The van der Waals surface area contributed by atoms with Crippen molar-refractivity contribution in [1.29, 1.82) is 0 Å². The summed E-state index contributed by atoms with van der Waals surface area (Å²) in [6.07, 6.45) is 0. The van der Waals surface area contributed by atoms with E-state index in [1.165, 1.54) is 6.92 Å². The summed E-state index contributed by atoms with van der Waals surface area (Å²) in [6, 6.07) is 22.8. The molecule has 0 atom stereocenters. The molecule has 28 heavy (non-hydrogen) atoms. The Hall–Kier alpha value is -3.73. The van der Waals surface area contributed by atoms with Crippen molar-refractivity contribution in [2.45, 2.75) is 13.5 Å². The summed E-state index contributed by atoms with van der Waals surface area (Å²) in [5, 5.41) is 5.61. The molecule has 2 amide bonds. The summed E-state index contributed by atoms with van der Waals surface area (Å²) in [5.74, 6) is -0.580. The van der Waals surface area contributed by atoms with E-state index in [-0.39, 0.29) is 17.6 Å². The third-order valence-corrected chi connectivity index (χ3v) is 4.23. The van der Waals surface area contributed by atoms with Crippen LogP contribution in [-0.4, -0.2) is 17.6 Å². The van der Waals surface area contributed by atoms with Crippen LogP contribution >= 0.6 is 0 Å². The van der Waals surface area contributed by atoms with Gasteiger partial charge in [-0.1, -0.05) is 42.5 Å². The van der Waals surface area contributed by atoms with E-state index >= 15 is 0 Å². The Balaban J connectivity index is 1.61. The highest BCUT2D eigenvalue weighted by Crippen LogP contribution is 2.13. The highest BCUT2D eigenvalue weighted by Gasteiger charge is 2.10. The number of Topliss-reactive ketones (excluding diaryl/α,β-unsaturated/α-hetero) is 1. The molecule has 140 valence electrons. The average Bonchev–Trinajstić information content (AvgIpc) is 2.73.